The molecule has 1 aliphatic heterocycles. The maximum absolute atomic E-state index is 5.82. The molecule has 2 unspecified atom stereocenters. The molecule has 1 saturated heterocycles. The molecule has 0 amide bonds. The lowest BCUT2D eigenvalue weighted by Crippen LogP contribution is -2.36. The lowest BCUT2D eigenvalue weighted by Gasteiger charge is -2.30. The largest absolute Gasteiger partial charge is 0.490 e. The van der Waals surface area contributed by atoms with Gasteiger partial charge in [0.2, 0.25) is 0 Å². The van der Waals surface area contributed by atoms with E-state index in [0.717, 1.165) is 11.5 Å². The van der Waals surface area contributed by atoms with E-state index in [4.69, 9.17) is 15.3 Å². The van der Waals surface area contributed by atoms with Crippen LogP contribution < -0.4 is 20.7 Å². The van der Waals surface area contributed by atoms with Crippen LogP contribution in [0.5, 0.6) is 11.5 Å². The van der Waals surface area contributed by atoms with E-state index in [1.807, 2.05) is 31.7 Å². The fourth-order valence-corrected chi connectivity index (χ4v) is 4.14. The number of nitrogens with one attached hydrogen (secondary N) is 1. The summed E-state index contributed by atoms with van der Waals surface area (Å²) >= 11 is 2.01. The fraction of sp³-hybridized carbons (Fsp3) is 0.625. The van der Waals surface area contributed by atoms with E-state index >= 15 is 0 Å². The molecule has 1 aromatic rings. The third-order valence-electron chi connectivity index (χ3n) is 3.69. The lowest BCUT2D eigenvalue weighted by molar-refractivity contribution is 0.287. The first-order valence-electron chi connectivity index (χ1n) is 7.77. The summed E-state index contributed by atoms with van der Waals surface area (Å²) in [6.07, 6.45) is 3.80. The number of thioether (sulfide) groups is 1. The topological polar surface area (TPSA) is 56.5 Å². The van der Waals surface area contributed by atoms with Crippen LogP contribution in [0, 0.1) is 0 Å². The van der Waals surface area contributed by atoms with Crippen LogP contribution in [0.2, 0.25) is 0 Å². The second-order valence-corrected chi connectivity index (χ2v) is 6.47. The summed E-state index contributed by atoms with van der Waals surface area (Å²) in [7, 11) is 0. The maximum atomic E-state index is 5.82. The highest BCUT2D eigenvalue weighted by Gasteiger charge is 2.25. The van der Waals surface area contributed by atoms with Crippen molar-refractivity contribution >= 4 is 11.8 Å². The SMILES string of the molecule is CCOc1ccc(C(NN)C2CCCCS2)cc1OCC. The van der Waals surface area contributed by atoms with Gasteiger partial charge in [-0.05, 0) is 50.1 Å². The number of hydrazine groups is 1. The molecule has 0 bridgehead atoms. The van der Waals surface area contributed by atoms with E-state index in [-0.39, 0.29) is 6.04 Å². The van der Waals surface area contributed by atoms with Gasteiger partial charge in [0.05, 0.1) is 19.3 Å². The van der Waals surface area contributed by atoms with Crippen LogP contribution in [0.1, 0.15) is 44.7 Å². The molecule has 0 spiro atoms. The van der Waals surface area contributed by atoms with Crippen LogP contribution in [-0.2, 0) is 0 Å². The van der Waals surface area contributed by atoms with E-state index in [0.29, 0.717) is 18.5 Å². The summed E-state index contributed by atoms with van der Waals surface area (Å²) in [5.41, 5.74) is 4.16. The van der Waals surface area contributed by atoms with Crippen LogP contribution >= 0.6 is 11.8 Å². The third-order valence-corrected chi connectivity index (χ3v) is 5.15. The highest BCUT2D eigenvalue weighted by Crippen LogP contribution is 2.37. The predicted molar refractivity (Wildman–Crippen MR) is 88.9 cm³/mol. The Morgan fingerprint density at radius 2 is 2.00 bits per heavy atom. The van der Waals surface area contributed by atoms with Gasteiger partial charge in [0.25, 0.3) is 0 Å². The molecule has 2 rings (SSSR count). The monoisotopic (exact) mass is 310 g/mol. The van der Waals surface area contributed by atoms with Crippen molar-refractivity contribution in [2.75, 3.05) is 19.0 Å². The lowest BCUT2D eigenvalue weighted by atomic mass is 9.99. The number of ether oxygens (including phenoxy) is 2. The average Bonchev–Trinajstić information content (AvgIpc) is 2.52. The van der Waals surface area contributed by atoms with Crippen LogP contribution in [-0.4, -0.2) is 24.2 Å². The van der Waals surface area contributed by atoms with Gasteiger partial charge in [0.1, 0.15) is 0 Å². The number of rotatable bonds is 7. The zero-order valence-corrected chi connectivity index (χ0v) is 13.7. The molecular weight excluding hydrogens is 284 g/mol. The van der Waals surface area contributed by atoms with Gasteiger partial charge in [-0.15, -0.1) is 0 Å². The number of nitrogens with two attached hydrogens (primary N) is 1. The van der Waals surface area contributed by atoms with E-state index < -0.39 is 0 Å². The molecular formula is C16H26N2O2S. The highest BCUT2D eigenvalue weighted by molar-refractivity contribution is 8.00. The zero-order chi connectivity index (χ0) is 15.1. The Balaban J connectivity index is 2.21. The van der Waals surface area contributed by atoms with Crippen LogP contribution in [0.3, 0.4) is 0 Å². The summed E-state index contributed by atoms with van der Waals surface area (Å²) in [5.74, 6) is 8.65. The van der Waals surface area contributed by atoms with Crippen molar-refractivity contribution in [3.63, 3.8) is 0 Å². The van der Waals surface area contributed by atoms with Gasteiger partial charge in [0.15, 0.2) is 11.5 Å². The molecule has 0 radical (unpaired) electrons. The molecule has 118 valence electrons. The summed E-state index contributed by atoms with van der Waals surface area (Å²) < 4.78 is 11.3. The van der Waals surface area contributed by atoms with Gasteiger partial charge in [0, 0.05) is 5.25 Å². The fourth-order valence-electron chi connectivity index (χ4n) is 2.71. The molecule has 1 fully saturated rings. The minimum absolute atomic E-state index is 0.158. The molecule has 1 heterocycles. The average molecular weight is 310 g/mol. The second kappa shape index (κ2) is 8.51. The van der Waals surface area contributed by atoms with E-state index in [1.165, 1.54) is 30.6 Å². The van der Waals surface area contributed by atoms with E-state index in [1.54, 1.807) is 0 Å². The third kappa shape index (κ3) is 4.28. The van der Waals surface area contributed by atoms with Crippen molar-refractivity contribution < 1.29 is 9.47 Å². The molecule has 21 heavy (non-hydrogen) atoms. The molecule has 1 aromatic carbocycles. The summed E-state index contributed by atoms with van der Waals surface area (Å²) in [6.45, 7) is 5.23. The van der Waals surface area contributed by atoms with E-state index in [2.05, 4.69) is 17.6 Å². The Hall–Kier alpha value is -0.910. The first kappa shape index (κ1) is 16.5. The Morgan fingerprint density at radius 3 is 2.62 bits per heavy atom. The van der Waals surface area contributed by atoms with Crippen molar-refractivity contribution in [1.82, 2.24) is 5.43 Å². The summed E-state index contributed by atoms with van der Waals surface area (Å²) in [5, 5.41) is 0.524. The number of hydrogen-bond acceptors (Lipinski definition) is 5. The molecule has 2 atom stereocenters. The quantitative estimate of drug-likeness (QED) is 0.598. The van der Waals surface area contributed by atoms with Gasteiger partial charge in [-0.1, -0.05) is 12.5 Å². The number of hydrogen-bond donors (Lipinski definition) is 2. The van der Waals surface area contributed by atoms with Gasteiger partial charge in [-0.3, -0.25) is 11.3 Å². The maximum Gasteiger partial charge on any atom is 0.161 e. The molecule has 0 aliphatic carbocycles. The summed E-state index contributed by atoms with van der Waals surface area (Å²) in [4.78, 5) is 0. The Kier molecular flexibility index (Phi) is 6.67. The predicted octanol–water partition coefficient (Wildman–Crippen LogP) is 3.27. The van der Waals surface area contributed by atoms with Crippen molar-refractivity contribution in [3.05, 3.63) is 23.8 Å². The first-order chi connectivity index (χ1) is 10.3. The van der Waals surface area contributed by atoms with Gasteiger partial charge < -0.3 is 9.47 Å². The van der Waals surface area contributed by atoms with Gasteiger partial charge in [-0.2, -0.15) is 11.8 Å². The van der Waals surface area contributed by atoms with Crippen molar-refractivity contribution in [3.8, 4) is 11.5 Å². The minimum Gasteiger partial charge on any atom is -0.490 e. The Morgan fingerprint density at radius 1 is 1.24 bits per heavy atom. The molecule has 4 nitrogen and oxygen atoms in total. The van der Waals surface area contributed by atoms with Gasteiger partial charge in [-0.25, -0.2) is 0 Å². The van der Waals surface area contributed by atoms with Crippen LogP contribution in [0.4, 0.5) is 0 Å². The second-order valence-electron chi connectivity index (χ2n) is 5.12. The minimum atomic E-state index is 0.158. The van der Waals surface area contributed by atoms with Crippen molar-refractivity contribution in [2.45, 2.75) is 44.4 Å². The zero-order valence-electron chi connectivity index (χ0n) is 12.9. The molecule has 3 N–H and O–H groups in total. The van der Waals surface area contributed by atoms with Crippen LogP contribution in [0.25, 0.3) is 0 Å². The standard InChI is InChI=1S/C16H26N2O2S/c1-3-19-13-9-8-12(11-14(13)20-4-2)16(18-17)15-7-5-6-10-21-15/h8-9,11,15-16,18H,3-7,10,17H2,1-2H3. The molecule has 1 aliphatic rings. The molecule has 0 saturated carbocycles. The Labute approximate surface area is 131 Å². The van der Waals surface area contributed by atoms with Gasteiger partial charge >= 0.3 is 0 Å². The molecule has 0 aromatic heterocycles. The smallest absolute Gasteiger partial charge is 0.161 e. The Bertz CT molecular complexity index is 436. The first-order valence-corrected chi connectivity index (χ1v) is 8.82. The molecule has 5 heteroatoms. The van der Waals surface area contributed by atoms with Crippen molar-refractivity contribution in [2.24, 2.45) is 5.84 Å². The van der Waals surface area contributed by atoms with E-state index in [9.17, 15) is 0 Å². The van der Waals surface area contributed by atoms with Crippen molar-refractivity contribution in [1.29, 1.82) is 0 Å². The highest BCUT2D eigenvalue weighted by atomic mass is 32.2. The summed E-state index contributed by atoms with van der Waals surface area (Å²) in [6, 6.07) is 6.30. The normalized spacial score (nSPS) is 20.0. The number of benzene rings is 1. The van der Waals surface area contributed by atoms with Crippen LogP contribution in [0.15, 0.2) is 18.2 Å².